The lowest BCUT2D eigenvalue weighted by molar-refractivity contribution is 0.0938. The van der Waals surface area contributed by atoms with Crippen molar-refractivity contribution in [2.45, 2.75) is 46.3 Å². The normalized spacial score (nSPS) is 11.8. The van der Waals surface area contributed by atoms with Crippen LogP contribution in [0, 0.1) is 0 Å². The van der Waals surface area contributed by atoms with Gasteiger partial charge in [-0.1, -0.05) is 49.7 Å². The van der Waals surface area contributed by atoms with Crippen LogP contribution in [-0.2, 0) is 6.61 Å². The highest BCUT2D eigenvalue weighted by Gasteiger charge is 2.13. The molecular weight excluding hydrogens is 362 g/mol. The van der Waals surface area contributed by atoms with E-state index < -0.39 is 0 Å². The summed E-state index contributed by atoms with van der Waals surface area (Å²) in [6, 6.07) is 19.8. The minimum Gasteiger partial charge on any atom is -0.493 e. The molecule has 0 aliphatic rings. The molecule has 4 nitrogen and oxygen atoms in total. The van der Waals surface area contributed by atoms with Crippen LogP contribution in [0.1, 0.15) is 49.5 Å². The Morgan fingerprint density at radius 3 is 2.55 bits per heavy atom. The standard InChI is InChI=1S/C25H29NO3/c1-4-9-18(3)26-25(27)20-14-15-23(28-5-2)21(16-20)17-29-24-13-8-11-19-10-6-7-12-22(19)24/h6-8,10-16,18H,4-5,9,17H2,1-3H3,(H,26,27)/t18-/m0/s1. The van der Waals surface area contributed by atoms with E-state index >= 15 is 0 Å². The van der Waals surface area contributed by atoms with E-state index in [-0.39, 0.29) is 11.9 Å². The van der Waals surface area contributed by atoms with Crippen molar-refractivity contribution < 1.29 is 14.3 Å². The van der Waals surface area contributed by atoms with Crippen molar-refractivity contribution >= 4 is 16.7 Å². The number of fused-ring (bicyclic) bond motifs is 1. The zero-order chi connectivity index (χ0) is 20.6. The topological polar surface area (TPSA) is 47.6 Å². The molecule has 1 N–H and O–H groups in total. The first-order valence-electron chi connectivity index (χ1n) is 10.3. The molecule has 0 unspecified atom stereocenters. The lowest BCUT2D eigenvalue weighted by Crippen LogP contribution is -2.32. The van der Waals surface area contributed by atoms with Gasteiger partial charge in [0.05, 0.1) is 6.61 Å². The quantitative estimate of drug-likeness (QED) is 0.506. The van der Waals surface area contributed by atoms with Crippen LogP contribution < -0.4 is 14.8 Å². The number of hydrogen-bond donors (Lipinski definition) is 1. The molecule has 3 aromatic carbocycles. The molecule has 0 heterocycles. The fourth-order valence-electron chi connectivity index (χ4n) is 3.42. The first-order chi connectivity index (χ1) is 14.1. The molecule has 3 rings (SSSR count). The summed E-state index contributed by atoms with van der Waals surface area (Å²) >= 11 is 0. The first kappa shape index (κ1) is 20.7. The first-order valence-corrected chi connectivity index (χ1v) is 10.3. The van der Waals surface area contributed by atoms with Gasteiger partial charge in [-0.2, -0.15) is 0 Å². The van der Waals surface area contributed by atoms with Gasteiger partial charge in [-0.25, -0.2) is 0 Å². The summed E-state index contributed by atoms with van der Waals surface area (Å²) in [5, 5.41) is 5.25. The molecule has 152 valence electrons. The second-order valence-corrected chi connectivity index (χ2v) is 7.18. The van der Waals surface area contributed by atoms with Crippen molar-refractivity contribution in [3.05, 3.63) is 71.8 Å². The largest absolute Gasteiger partial charge is 0.493 e. The lowest BCUT2D eigenvalue weighted by atomic mass is 10.1. The summed E-state index contributed by atoms with van der Waals surface area (Å²) in [5.74, 6) is 1.49. The SMILES string of the molecule is CCC[C@H](C)NC(=O)c1ccc(OCC)c(COc2cccc3ccccc23)c1. The van der Waals surface area contributed by atoms with Crippen LogP contribution in [0.2, 0.25) is 0 Å². The van der Waals surface area contributed by atoms with Gasteiger partial charge in [0.1, 0.15) is 18.1 Å². The summed E-state index contributed by atoms with van der Waals surface area (Å²) in [7, 11) is 0. The molecule has 0 aliphatic carbocycles. The van der Waals surface area contributed by atoms with Gasteiger partial charge in [0, 0.05) is 22.6 Å². The maximum atomic E-state index is 12.6. The third-order valence-corrected chi connectivity index (χ3v) is 4.85. The van der Waals surface area contributed by atoms with Gasteiger partial charge in [-0.3, -0.25) is 4.79 Å². The van der Waals surface area contributed by atoms with Crippen molar-refractivity contribution in [1.82, 2.24) is 5.32 Å². The van der Waals surface area contributed by atoms with Crippen LogP contribution in [0.3, 0.4) is 0 Å². The number of nitrogens with one attached hydrogen (secondary N) is 1. The van der Waals surface area contributed by atoms with E-state index in [0.717, 1.165) is 40.7 Å². The highest BCUT2D eigenvalue weighted by Crippen LogP contribution is 2.28. The van der Waals surface area contributed by atoms with Crippen molar-refractivity contribution in [1.29, 1.82) is 0 Å². The molecule has 0 aliphatic heterocycles. The molecule has 0 fully saturated rings. The molecule has 4 heteroatoms. The molecule has 3 aromatic rings. The molecule has 29 heavy (non-hydrogen) atoms. The van der Waals surface area contributed by atoms with Gasteiger partial charge >= 0.3 is 0 Å². The molecular formula is C25H29NO3. The van der Waals surface area contributed by atoms with Gasteiger partial charge in [0.15, 0.2) is 0 Å². The summed E-state index contributed by atoms with van der Waals surface area (Å²) in [6.07, 6.45) is 1.99. The minimum atomic E-state index is -0.0691. The third-order valence-electron chi connectivity index (χ3n) is 4.85. The smallest absolute Gasteiger partial charge is 0.251 e. The predicted molar refractivity (Wildman–Crippen MR) is 118 cm³/mol. The van der Waals surface area contributed by atoms with Crippen molar-refractivity contribution in [3.63, 3.8) is 0 Å². The Balaban J connectivity index is 1.81. The van der Waals surface area contributed by atoms with Gasteiger partial charge in [-0.15, -0.1) is 0 Å². The number of rotatable bonds is 9. The Bertz CT molecular complexity index is 962. The van der Waals surface area contributed by atoms with E-state index in [4.69, 9.17) is 9.47 Å². The number of hydrogen-bond acceptors (Lipinski definition) is 3. The number of amides is 1. The molecule has 0 spiro atoms. The third kappa shape index (κ3) is 5.29. The van der Waals surface area contributed by atoms with Gasteiger partial charge in [-0.05, 0) is 49.9 Å². The summed E-state index contributed by atoms with van der Waals surface area (Å²) in [6.45, 7) is 6.97. The Hall–Kier alpha value is -3.01. The molecule has 0 bridgehead atoms. The van der Waals surface area contributed by atoms with Crippen LogP contribution in [0.15, 0.2) is 60.7 Å². The average molecular weight is 392 g/mol. The molecule has 1 atom stereocenters. The number of carbonyl (C=O) groups excluding carboxylic acids is 1. The minimum absolute atomic E-state index is 0.0691. The summed E-state index contributed by atoms with van der Waals surface area (Å²) < 4.78 is 11.9. The zero-order valence-corrected chi connectivity index (χ0v) is 17.4. The van der Waals surface area contributed by atoms with E-state index in [1.54, 1.807) is 6.07 Å². The maximum absolute atomic E-state index is 12.6. The van der Waals surface area contributed by atoms with Crippen LogP contribution in [0.5, 0.6) is 11.5 Å². The van der Waals surface area contributed by atoms with Crippen molar-refractivity contribution in [2.75, 3.05) is 6.61 Å². The number of carbonyl (C=O) groups is 1. The van der Waals surface area contributed by atoms with E-state index in [2.05, 4.69) is 24.4 Å². The van der Waals surface area contributed by atoms with Gasteiger partial charge in [0.2, 0.25) is 0 Å². The van der Waals surface area contributed by atoms with Crippen LogP contribution in [0.4, 0.5) is 0 Å². The van der Waals surface area contributed by atoms with Gasteiger partial charge < -0.3 is 14.8 Å². The number of benzene rings is 3. The molecule has 1 amide bonds. The van der Waals surface area contributed by atoms with Crippen LogP contribution in [-0.4, -0.2) is 18.6 Å². The lowest BCUT2D eigenvalue weighted by Gasteiger charge is -2.16. The maximum Gasteiger partial charge on any atom is 0.251 e. The fraction of sp³-hybridized carbons (Fsp3) is 0.320. The Morgan fingerprint density at radius 2 is 1.76 bits per heavy atom. The average Bonchev–Trinajstić information content (AvgIpc) is 2.73. The molecule has 0 saturated carbocycles. The molecule has 0 saturated heterocycles. The molecule has 0 radical (unpaired) electrons. The summed E-state index contributed by atoms with van der Waals surface area (Å²) in [4.78, 5) is 12.6. The van der Waals surface area contributed by atoms with E-state index in [1.165, 1.54) is 0 Å². The highest BCUT2D eigenvalue weighted by atomic mass is 16.5. The highest BCUT2D eigenvalue weighted by molar-refractivity contribution is 5.94. The van der Waals surface area contributed by atoms with Crippen molar-refractivity contribution in [3.8, 4) is 11.5 Å². The Labute approximate surface area is 172 Å². The Kier molecular flexibility index (Phi) is 7.12. The second-order valence-electron chi connectivity index (χ2n) is 7.18. The van der Waals surface area contributed by atoms with Crippen molar-refractivity contribution in [2.24, 2.45) is 0 Å². The summed E-state index contributed by atoms with van der Waals surface area (Å²) in [5.41, 5.74) is 1.48. The fourth-order valence-corrected chi connectivity index (χ4v) is 3.42. The van der Waals surface area contributed by atoms with Crippen LogP contribution in [0.25, 0.3) is 10.8 Å². The van der Waals surface area contributed by atoms with E-state index in [1.807, 2.05) is 56.3 Å². The number of ether oxygens (including phenoxy) is 2. The van der Waals surface area contributed by atoms with E-state index in [9.17, 15) is 4.79 Å². The second kappa shape index (κ2) is 9.97. The zero-order valence-electron chi connectivity index (χ0n) is 17.4. The van der Waals surface area contributed by atoms with Crippen LogP contribution >= 0.6 is 0 Å². The van der Waals surface area contributed by atoms with E-state index in [0.29, 0.717) is 18.8 Å². The Morgan fingerprint density at radius 1 is 0.966 bits per heavy atom. The van der Waals surface area contributed by atoms with Gasteiger partial charge in [0.25, 0.3) is 5.91 Å². The molecule has 0 aromatic heterocycles. The predicted octanol–water partition coefficient (Wildman–Crippen LogP) is 5.74. The monoisotopic (exact) mass is 391 g/mol.